The molecule has 0 aliphatic carbocycles. The Kier molecular flexibility index (Phi) is 6.87. The molecule has 0 atom stereocenters. The van der Waals surface area contributed by atoms with Gasteiger partial charge in [-0.2, -0.15) is 5.26 Å². The molecule has 0 unspecified atom stereocenters. The number of carbonyl (C=O) groups excluding carboxylic acids is 1. The number of ether oxygens (including phenoxy) is 1. The van der Waals surface area contributed by atoms with Gasteiger partial charge in [0.1, 0.15) is 11.8 Å². The molecule has 4 nitrogen and oxygen atoms in total. The fourth-order valence-corrected chi connectivity index (χ4v) is 3.49. The van der Waals surface area contributed by atoms with Crippen molar-refractivity contribution in [2.45, 2.75) is 48.0 Å². The molecule has 0 aliphatic rings. The monoisotopic (exact) mass is 390 g/mol. The van der Waals surface area contributed by atoms with Gasteiger partial charge in [-0.05, 0) is 43.5 Å². The van der Waals surface area contributed by atoms with Crippen LogP contribution in [-0.2, 0) is 6.42 Å². The normalized spacial score (nSPS) is 12.1. The molecule has 0 fully saturated rings. The van der Waals surface area contributed by atoms with Gasteiger partial charge in [0, 0.05) is 22.2 Å². The minimum atomic E-state index is -0.427. The molecular weight excluding hydrogens is 360 g/mol. The van der Waals surface area contributed by atoms with Gasteiger partial charge in [0.05, 0.1) is 12.7 Å². The topological polar surface area (TPSA) is 62.1 Å². The average Bonchev–Trinajstić information content (AvgIpc) is 2.67. The van der Waals surface area contributed by atoms with Crippen molar-refractivity contribution in [1.29, 1.82) is 5.26 Å². The lowest BCUT2D eigenvalue weighted by atomic mass is 9.85. The molecule has 1 amide bonds. The van der Waals surface area contributed by atoms with Crippen LogP contribution in [0.4, 0.5) is 0 Å². The van der Waals surface area contributed by atoms with Crippen LogP contribution < -0.4 is 10.1 Å². The van der Waals surface area contributed by atoms with E-state index in [1.54, 1.807) is 13.2 Å². The molecule has 152 valence electrons. The van der Waals surface area contributed by atoms with Crippen LogP contribution in [0.15, 0.2) is 42.1 Å². The van der Waals surface area contributed by atoms with E-state index in [2.05, 4.69) is 11.4 Å². The largest absolute Gasteiger partial charge is 0.496 e. The Morgan fingerprint density at radius 1 is 1.14 bits per heavy atom. The standard InChI is InChI=1S/C25H30N2O2/c1-8-18-20(10-9-11-22(18)29-7)24(28)27-23(25(4,5)6)21(15-26)19-13-12-16(2)14-17(19)3/h9-14H,8H2,1-7H3,(H,27,28)/b23-21-. The van der Waals surface area contributed by atoms with Gasteiger partial charge in [0.15, 0.2) is 0 Å². The molecule has 2 aromatic rings. The van der Waals surface area contributed by atoms with E-state index in [9.17, 15) is 10.1 Å². The van der Waals surface area contributed by atoms with Crippen molar-refractivity contribution < 1.29 is 9.53 Å². The Morgan fingerprint density at radius 3 is 2.34 bits per heavy atom. The molecule has 0 aliphatic heterocycles. The molecule has 0 saturated heterocycles. The van der Waals surface area contributed by atoms with Crippen LogP contribution in [0.3, 0.4) is 0 Å². The Hall–Kier alpha value is -3.06. The van der Waals surface area contributed by atoms with Crippen molar-refractivity contribution in [1.82, 2.24) is 5.32 Å². The van der Waals surface area contributed by atoms with Crippen LogP contribution in [-0.4, -0.2) is 13.0 Å². The van der Waals surface area contributed by atoms with E-state index in [-0.39, 0.29) is 5.91 Å². The van der Waals surface area contributed by atoms with Gasteiger partial charge >= 0.3 is 0 Å². The first-order valence-corrected chi connectivity index (χ1v) is 9.83. The quantitative estimate of drug-likeness (QED) is 0.677. The summed E-state index contributed by atoms with van der Waals surface area (Å²) >= 11 is 0. The van der Waals surface area contributed by atoms with Crippen molar-refractivity contribution in [3.63, 3.8) is 0 Å². The fourth-order valence-electron chi connectivity index (χ4n) is 3.49. The molecule has 0 aromatic heterocycles. The van der Waals surface area contributed by atoms with Crippen molar-refractivity contribution in [3.05, 3.63) is 69.9 Å². The van der Waals surface area contributed by atoms with E-state index in [0.717, 1.165) is 22.3 Å². The van der Waals surface area contributed by atoms with Crippen LogP contribution >= 0.6 is 0 Å². The first-order valence-electron chi connectivity index (χ1n) is 9.83. The average molecular weight is 391 g/mol. The molecule has 2 aromatic carbocycles. The summed E-state index contributed by atoms with van der Waals surface area (Å²) in [5.41, 5.74) is 5.07. The van der Waals surface area contributed by atoms with E-state index in [4.69, 9.17) is 4.74 Å². The third kappa shape index (κ3) is 4.86. The highest BCUT2D eigenvalue weighted by molar-refractivity contribution is 5.99. The van der Waals surface area contributed by atoms with Crippen LogP contribution in [0.2, 0.25) is 0 Å². The zero-order valence-electron chi connectivity index (χ0n) is 18.4. The molecule has 0 saturated carbocycles. The lowest BCUT2D eigenvalue weighted by molar-refractivity contribution is 0.0956. The smallest absolute Gasteiger partial charge is 0.255 e. The molecule has 29 heavy (non-hydrogen) atoms. The van der Waals surface area contributed by atoms with Gasteiger partial charge in [-0.1, -0.05) is 57.5 Å². The first kappa shape index (κ1) is 22.2. The van der Waals surface area contributed by atoms with Gasteiger partial charge < -0.3 is 10.1 Å². The molecular formula is C25H30N2O2. The number of aryl methyl sites for hydroxylation is 2. The van der Waals surface area contributed by atoms with Gasteiger partial charge in [0.25, 0.3) is 5.91 Å². The highest BCUT2D eigenvalue weighted by atomic mass is 16.5. The number of nitrogens with one attached hydrogen (secondary N) is 1. The van der Waals surface area contributed by atoms with Gasteiger partial charge in [-0.25, -0.2) is 0 Å². The summed E-state index contributed by atoms with van der Waals surface area (Å²) in [4.78, 5) is 13.2. The number of hydrogen-bond donors (Lipinski definition) is 1. The molecule has 0 bridgehead atoms. The van der Waals surface area contributed by atoms with E-state index in [1.807, 2.05) is 71.9 Å². The number of carbonyl (C=O) groups is 1. The molecule has 0 radical (unpaired) electrons. The summed E-state index contributed by atoms with van der Waals surface area (Å²) in [6.07, 6.45) is 0.670. The Labute approximate surface area is 174 Å². The van der Waals surface area contributed by atoms with Crippen LogP contribution in [0.5, 0.6) is 5.75 Å². The van der Waals surface area contributed by atoms with Crippen LogP contribution in [0, 0.1) is 30.6 Å². The van der Waals surface area contributed by atoms with Crippen molar-refractivity contribution in [2.75, 3.05) is 7.11 Å². The number of amides is 1. The predicted molar refractivity (Wildman–Crippen MR) is 118 cm³/mol. The van der Waals surface area contributed by atoms with Gasteiger partial charge in [0.2, 0.25) is 0 Å². The Bertz CT molecular complexity index is 989. The van der Waals surface area contributed by atoms with E-state index < -0.39 is 5.41 Å². The summed E-state index contributed by atoms with van der Waals surface area (Å²) in [6.45, 7) is 12.0. The highest BCUT2D eigenvalue weighted by Crippen LogP contribution is 2.33. The van der Waals surface area contributed by atoms with Gasteiger partial charge in [-0.15, -0.1) is 0 Å². The van der Waals surface area contributed by atoms with Crippen molar-refractivity contribution in [2.24, 2.45) is 5.41 Å². The molecule has 0 heterocycles. The number of rotatable bonds is 5. The minimum absolute atomic E-state index is 0.233. The second-order valence-electron chi connectivity index (χ2n) is 8.22. The minimum Gasteiger partial charge on any atom is -0.496 e. The third-order valence-electron chi connectivity index (χ3n) is 4.95. The zero-order chi connectivity index (χ0) is 21.8. The number of allylic oxidation sites excluding steroid dienone is 2. The predicted octanol–water partition coefficient (Wildman–Crippen LogP) is 5.59. The Balaban J connectivity index is 2.62. The van der Waals surface area contributed by atoms with E-state index >= 15 is 0 Å². The molecule has 0 spiro atoms. The lowest BCUT2D eigenvalue weighted by Gasteiger charge is -2.26. The summed E-state index contributed by atoms with van der Waals surface area (Å²) in [5.74, 6) is 0.458. The second kappa shape index (κ2) is 8.96. The van der Waals surface area contributed by atoms with Crippen molar-refractivity contribution >= 4 is 11.5 Å². The fraction of sp³-hybridized carbons (Fsp3) is 0.360. The number of nitriles is 1. The first-order chi connectivity index (χ1) is 13.6. The molecule has 4 heteroatoms. The number of benzene rings is 2. The summed E-state index contributed by atoms with van der Waals surface area (Å²) in [5, 5.41) is 13.0. The highest BCUT2D eigenvalue weighted by Gasteiger charge is 2.26. The molecule has 2 rings (SSSR count). The molecule has 1 N–H and O–H groups in total. The second-order valence-corrected chi connectivity index (χ2v) is 8.22. The van der Waals surface area contributed by atoms with Crippen LogP contribution in [0.25, 0.3) is 5.57 Å². The van der Waals surface area contributed by atoms with Crippen molar-refractivity contribution in [3.8, 4) is 11.8 Å². The SMILES string of the molecule is CCc1c(OC)cccc1C(=O)N/C(=C(/C#N)c1ccc(C)cc1C)C(C)(C)C. The van der Waals surface area contributed by atoms with E-state index in [1.165, 1.54) is 0 Å². The zero-order valence-corrected chi connectivity index (χ0v) is 18.4. The number of hydrogen-bond acceptors (Lipinski definition) is 3. The Morgan fingerprint density at radius 2 is 1.83 bits per heavy atom. The summed E-state index contributed by atoms with van der Waals surface area (Å²) in [7, 11) is 1.60. The maximum Gasteiger partial charge on any atom is 0.255 e. The maximum atomic E-state index is 13.2. The number of methoxy groups -OCH3 is 1. The maximum absolute atomic E-state index is 13.2. The third-order valence-corrected chi connectivity index (χ3v) is 4.95. The van der Waals surface area contributed by atoms with E-state index in [0.29, 0.717) is 29.0 Å². The lowest BCUT2D eigenvalue weighted by Crippen LogP contribution is -2.32. The number of nitrogens with zero attached hydrogens (tertiary/aromatic N) is 1. The van der Waals surface area contributed by atoms with Crippen LogP contribution in [0.1, 0.15) is 60.3 Å². The summed E-state index contributed by atoms with van der Waals surface area (Å²) < 4.78 is 5.42. The summed E-state index contributed by atoms with van der Waals surface area (Å²) in [6, 6.07) is 13.8. The van der Waals surface area contributed by atoms with Gasteiger partial charge in [-0.3, -0.25) is 4.79 Å².